The summed E-state index contributed by atoms with van der Waals surface area (Å²) in [5.41, 5.74) is 3.51. The molecule has 0 aliphatic heterocycles. The Hall–Kier alpha value is -1.46. The van der Waals surface area contributed by atoms with E-state index in [2.05, 4.69) is 77.9 Å². The van der Waals surface area contributed by atoms with E-state index < -0.39 is 0 Å². The molecule has 2 heterocycles. The summed E-state index contributed by atoms with van der Waals surface area (Å²) in [5, 5.41) is 1.51. The van der Waals surface area contributed by atoms with Crippen molar-refractivity contribution >= 4 is 37.5 Å². The third-order valence-electron chi connectivity index (χ3n) is 4.38. The molecule has 0 spiro atoms. The van der Waals surface area contributed by atoms with E-state index in [4.69, 9.17) is 0 Å². The molecule has 132 valence electrons. The van der Waals surface area contributed by atoms with Crippen LogP contribution in [0.2, 0.25) is 0 Å². The number of rotatable bonds is 4. The van der Waals surface area contributed by atoms with Gasteiger partial charge in [0.05, 0.1) is 5.39 Å². The molecule has 25 heavy (non-hydrogen) atoms. The van der Waals surface area contributed by atoms with E-state index in [0.29, 0.717) is 0 Å². The molecule has 5 heteroatoms. The number of hydrogen-bond acceptors (Lipinski definition) is 3. The van der Waals surface area contributed by atoms with E-state index in [1.54, 1.807) is 11.3 Å². The highest BCUT2D eigenvalue weighted by Gasteiger charge is 2.19. The quantitative estimate of drug-likeness (QED) is 0.572. The first-order valence-corrected chi connectivity index (χ1v) is 10.5. The van der Waals surface area contributed by atoms with E-state index in [1.807, 2.05) is 0 Å². The van der Waals surface area contributed by atoms with Crippen molar-refractivity contribution in [3.05, 3.63) is 50.9 Å². The highest BCUT2D eigenvalue weighted by Crippen LogP contribution is 2.37. The fraction of sp³-hybridized carbons (Fsp3) is 0.400. The van der Waals surface area contributed by atoms with Gasteiger partial charge in [0.2, 0.25) is 0 Å². The number of nitrogens with one attached hydrogen (secondary N) is 1. The molecule has 1 aromatic carbocycles. The number of aromatic amines is 1. The standard InChI is InChI=1S/C20H23BrN2OS/c1-5-14-16(12-6-8-13(9-7-12)20(2,3)4)17-18(24)22-15(10-11-21)23-19(17)25-14/h6-9H,5,10-11H2,1-4H3,(H,22,23,24). The van der Waals surface area contributed by atoms with Crippen LogP contribution in [-0.4, -0.2) is 15.3 Å². The van der Waals surface area contributed by atoms with Crippen LogP contribution in [0.25, 0.3) is 21.3 Å². The van der Waals surface area contributed by atoms with Gasteiger partial charge in [0.15, 0.2) is 0 Å². The fourth-order valence-corrected chi connectivity index (χ4v) is 4.53. The normalized spacial score (nSPS) is 12.0. The van der Waals surface area contributed by atoms with E-state index >= 15 is 0 Å². The number of H-pyrrole nitrogens is 1. The van der Waals surface area contributed by atoms with Crippen LogP contribution >= 0.6 is 27.3 Å². The number of hydrogen-bond donors (Lipinski definition) is 1. The van der Waals surface area contributed by atoms with Crippen molar-refractivity contribution in [3.8, 4) is 11.1 Å². The van der Waals surface area contributed by atoms with Gasteiger partial charge < -0.3 is 4.98 Å². The first-order valence-electron chi connectivity index (χ1n) is 8.56. The maximum absolute atomic E-state index is 12.7. The van der Waals surface area contributed by atoms with Crippen molar-refractivity contribution < 1.29 is 0 Å². The fourth-order valence-electron chi connectivity index (χ4n) is 3.00. The van der Waals surface area contributed by atoms with Crippen LogP contribution < -0.4 is 5.56 Å². The van der Waals surface area contributed by atoms with Crippen molar-refractivity contribution in [3.63, 3.8) is 0 Å². The van der Waals surface area contributed by atoms with Crippen molar-refractivity contribution in [2.45, 2.75) is 46.0 Å². The van der Waals surface area contributed by atoms with Gasteiger partial charge in [-0.3, -0.25) is 4.79 Å². The van der Waals surface area contributed by atoms with E-state index in [0.717, 1.165) is 45.3 Å². The smallest absolute Gasteiger partial charge is 0.260 e. The van der Waals surface area contributed by atoms with Crippen LogP contribution in [0.4, 0.5) is 0 Å². The van der Waals surface area contributed by atoms with Gasteiger partial charge in [0.1, 0.15) is 10.7 Å². The monoisotopic (exact) mass is 418 g/mol. The molecular formula is C20H23BrN2OS. The third kappa shape index (κ3) is 3.58. The molecule has 0 aliphatic carbocycles. The Morgan fingerprint density at radius 2 is 1.88 bits per heavy atom. The zero-order chi connectivity index (χ0) is 18.2. The lowest BCUT2D eigenvalue weighted by Gasteiger charge is -2.19. The molecule has 1 N–H and O–H groups in total. The minimum atomic E-state index is -0.0354. The van der Waals surface area contributed by atoms with Gasteiger partial charge in [-0.25, -0.2) is 4.98 Å². The molecular weight excluding hydrogens is 396 g/mol. The molecule has 0 atom stereocenters. The summed E-state index contributed by atoms with van der Waals surface area (Å²) < 4.78 is 0. The van der Waals surface area contributed by atoms with Crippen LogP contribution in [-0.2, 0) is 18.3 Å². The van der Waals surface area contributed by atoms with Gasteiger partial charge in [-0.15, -0.1) is 11.3 Å². The molecule has 0 saturated carbocycles. The molecule has 3 rings (SSSR count). The van der Waals surface area contributed by atoms with Crippen LogP contribution in [0.1, 0.15) is 44.0 Å². The molecule has 0 radical (unpaired) electrons. The second-order valence-electron chi connectivity index (χ2n) is 7.21. The molecule has 3 aromatic rings. The van der Waals surface area contributed by atoms with Gasteiger partial charge >= 0.3 is 0 Å². The Bertz CT molecular complexity index is 949. The maximum atomic E-state index is 12.7. The molecule has 2 aromatic heterocycles. The molecule has 3 nitrogen and oxygen atoms in total. The van der Waals surface area contributed by atoms with E-state index in [9.17, 15) is 4.79 Å². The number of halogens is 1. The van der Waals surface area contributed by atoms with Crippen LogP contribution in [0, 0.1) is 0 Å². The zero-order valence-electron chi connectivity index (χ0n) is 15.1. The maximum Gasteiger partial charge on any atom is 0.260 e. The highest BCUT2D eigenvalue weighted by atomic mass is 79.9. The Labute approximate surface area is 160 Å². The van der Waals surface area contributed by atoms with Crippen molar-refractivity contribution in [1.29, 1.82) is 0 Å². The Balaban J connectivity index is 2.20. The average molecular weight is 419 g/mol. The topological polar surface area (TPSA) is 45.8 Å². The lowest BCUT2D eigenvalue weighted by atomic mass is 9.86. The molecule has 0 bridgehead atoms. The molecule has 0 aliphatic rings. The summed E-state index contributed by atoms with van der Waals surface area (Å²) in [7, 11) is 0. The largest absolute Gasteiger partial charge is 0.310 e. The first kappa shape index (κ1) is 18.3. The third-order valence-corrected chi connectivity index (χ3v) is 6.00. The number of benzene rings is 1. The summed E-state index contributed by atoms with van der Waals surface area (Å²) in [5.74, 6) is 0.743. The number of fused-ring (bicyclic) bond motifs is 1. The SMILES string of the molecule is CCc1sc2nc(CCBr)[nH]c(=O)c2c1-c1ccc(C(C)(C)C)cc1. The summed E-state index contributed by atoms with van der Waals surface area (Å²) in [6.07, 6.45) is 1.62. The van der Waals surface area contributed by atoms with Crippen molar-refractivity contribution in [1.82, 2.24) is 9.97 Å². The minimum absolute atomic E-state index is 0.0354. The molecule has 0 unspecified atom stereocenters. The predicted molar refractivity (Wildman–Crippen MR) is 111 cm³/mol. The number of aryl methyl sites for hydroxylation is 2. The Morgan fingerprint density at radius 3 is 2.44 bits per heavy atom. The van der Waals surface area contributed by atoms with E-state index in [1.165, 1.54) is 10.4 Å². The van der Waals surface area contributed by atoms with E-state index in [-0.39, 0.29) is 11.0 Å². The lowest BCUT2D eigenvalue weighted by molar-refractivity contribution is 0.590. The summed E-state index contributed by atoms with van der Waals surface area (Å²) >= 11 is 5.05. The predicted octanol–water partition coefficient (Wildman–Crippen LogP) is 5.45. The Morgan fingerprint density at radius 1 is 1.20 bits per heavy atom. The van der Waals surface area contributed by atoms with Crippen LogP contribution in [0.15, 0.2) is 29.1 Å². The summed E-state index contributed by atoms with van der Waals surface area (Å²) in [4.78, 5) is 22.4. The second kappa shape index (κ2) is 7.04. The number of nitrogens with zero attached hydrogens (tertiary/aromatic N) is 1. The molecule has 0 fully saturated rings. The molecule has 0 amide bonds. The average Bonchev–Trinajstić information content (AvgIpc) is 2.93. The summed E-state index contributed by atoms with van der Waals surface area (Å²) in [6, 6.07) is 8.60. The number of alkyl halides is 1. The van der Waals surface area contributed by atoms with Gasteiger partial charge in [0.25, 0.3) is 5.56 Å². The lowest BCUT2D eigenvalue weighted by Crippen LogP contribution is -2.12. The van der Waals surface area contributed by atoms with Crippen LogP contribution in [0.3, 0.4) is 0 Å². The van der Waals surface area contributed by atoms with Gasteiger partial charge in [0, 0.05) is 22.2 Å². The number of aromatic nitrogens is 2. The minimum Gasteiger partial charge on any atom is -0.310 e. The van der Waals surface area contributed by atoms with Gasteiger partial charge in [-0.1, -0.05) is 67.9 Å². The Kier molecular flexibility index (Phi) is 5.16. The molecule has 0 saturated heterocycles. The van der Waals surface area contributed by atoms with Crippen molar-refractivity contribution in [2.24, 2.45) is 0 Å². The number of thiophene rings is 1. The highest BCUT2D eigenvalue weighted by molar-refractivity contribution is 9.09. The second-order valence-corrected chi connectivity index (χ2v) is 9.09. The van der Waals surface area contributed by atoms with Crippen molar-refractivity contribution in [2.75, 3.05) is 5.33 Å². The van der Waals surface area contributed by atoms with Crippen LogP contribution in [0.5, 0.6) is 0 Å². The van der Waals surface area contributed by atoms with Gasteiger partial charge in [-0.2, -0.15) is 0 Å². The summed E-state index contributed by atoms with van der Waals surface area (Å²) in [6.45, 7) is 8.75. The first-order chi connectivity index (χ1) is 11.8. The van der Waals surface area contributed by atoms with Gasteiger partial charge in [-0.05, 0) is 23.0 Å². The zero-order valence-corrected chi connectivity index (χ0v) is 17.5.